The Hall–Kier alpha value is -4.88. The van der Waals surface area contributed by atoms with E-state index in [4.69, 9.17) is 4.74 Å². The van der Waals surface area contributed by atoms with Gasteiger partial charge in [-0.1, -0.05) is 30.3 Å². The molecule has 6 rings (SSSR count). The van der Waals surface area contributed by atoms with Crippen LogP contribution in [0.5, 0.6) is 0 Å². The van der Waals surface area contributed by atoms with Crippen LogP contribution in [-0.2, 0) is 39.9 Å². The van der Waals surface area contributed by atoms with Crippen LogP contribution in [0.2, 0.25) is 0 Å². The number of nitrogens with zero attached hydrogens (tertiary/aromatic N) is 5. The van der Waals surface area contributed by atoms with Gasteiger partial charge in [0, 0.05) is 25.4 Å². The number of halogens is 3. The summed E-state index contributed by atoms with van der Waals surface area (Å²) in [7, 11) is 1.81. The van der Waals surface area contributed by atoms with Crippen LogP contribution in [0.25, 0.3) is 11.1 Å². The average molecular weight is 653 g/mol. The number of nitrogens with one attached hydrogen (secondary N) is 1. The molecule has 5 amide bonds. The Morgan fingerprint density at radius 2 is 1.83 bits per heavy atom. The van der Waals surface area contributed by atoms with Gasteiger partial charge in [0.2, 0.25) is 5.91 Å². The van der Waals surface area contributed by atoms with Crippen LogP contribution in [0.15, 0.2) is 54.9 Å². The van der Waals surface area contributed by atoms with Crippen molar-refractivity contribution in [2.24, 2.45) is 7.05 Å². The Morgan fingerprint density at radius 1 is 1.11 bits per heavy atom. The Balaban J connectivity index is 1.25. The summed E-state index contributed by atoms with van der Waals surface area (Å²) in [6, 6.07) is 7.91. The van der Waals surface area contributed by atoms with Crippen LogP contribution in [0.1, 0.15) is 43.9 Å². The molecule has 14 heteroatoms. The summed E-state index contributed by atoms with van der Waals surface area (Å²) in [6.45, 7) is 2.08. The molecular weight excluding hydrogens is 617 g/mol. The highest BCUT2D eigenvalue weighted by Gasteiger charge is 2.57. The monoisotopic (exact) mass is 652 g/mol. The van der Waals surface area contributed by atoms with E-state index in [1.807, 2.05) is 18.3 Å². The largest absolute Gasteiger partial charge is 0.444 e. The molecule has 0 saturated carbocycles. The van der Waals surface area contributed by atoms with Crippen molar-refractivity contribution in [1.82, 2.24) is 29.8 Å². The molecule has 1 aliphatic carbocycles. The summed E-state index contributed by atoms with van der Waals surface area (Å²) in [6.07, 6.45) is 3.37. The SMILES string of the molecule is Cn1cc(-c2ccc3c(c2)CCC32NC(=O)N(CC(=O)N(Cc3ccc(F)cc3)C3CN(C(=O)OC(C)(C)C)CC3(F)F)C2=O)cn1. The Labute approximate surface area is 269 Å². The maximum Gasteiger partial charge on any atom is 0.410 e. The summed E-state index contributed by atoms with van der Waals surface area (Å²) >= 11 is 0. The number of carbonyl (C=O) groups is 4. The molecule has 2 aromatic carbocycles. The van der Waals surface area contributed by atoms with E-state index in [-0.39, 0.29) is 13.0 Å². The van der Waals surface area contributed by atoms with Crippen molar-refractivity contribution in [3.05, 3.63) is 77.4 Å². The number of fused-ring (bicyclic) bond motifs is 2. The molecule has 2 fully saturated rings. The number of hydrogen-bond acceptors (Lipinski definition) is 6. The third-order valence-electron chi connectivity index (χ3n) is 8.74. The van der Waals surface area contributed by atoms with Gasteiger partial charge in [0.05, 0.1) is 19.3 Å². The maximum atomic E-state index is 15.6. The number of imide groups is 1. The third kappa shape index (κ3) is 6.03. The van der Waals surface area contributed by atoms with E-state index in [0.717, 1.165) is 43.5 Å². The van der Waals surface area contributed by atoms with E-state index in [1.54, 1.807) is 44.8 Å². The van der Waals surface area contributed by atoms with E-state index in [9.17, 15) is 23.6 Å². The number of benzene rings is 2. The van der Waals surface area contributed by atoms with Gasteiger partial charge in [-0.05, 0) is 68.0 Å². The lowest BCUT2D eigenvalue weighted by atomic mass is 9.90. The van der Waals surface area contributed by atoms with Gasteiger partial charge in [-0.3, -0.25) is 24.1 Å². The van der Waals surface area contributed by atoms with E-state index >= 15 is 8.78 Å². The van der Waals surface area contributed by atoms with Gasteiger partial charge in [-0.2, -0.15) is 5.10 Å². The number of carbonyl (C=O) groups excluding carboxylic acids is 4. The Bertz CT molecular complexity index is 1750. The highest BCUT2D eigenvalue weighted by molar-refractivity contribution is 6.10. The van der Waals surface area contributed by atoms with Crippen LogP contribution < -0.4 is 5.32 Å². The van der Waals surface area contributed by atoms with Crippen molar-refractivity contribution < 1.29 is 37.1 Å². The molecule has 0 radical (unpaired) electrons. The number of urea groups is 1. The fourth-order valence-corrected chi connectivity index (χ4v) is 6.49. The topological polar surface area (TPSA) is 117 Å². The molecule has 2 saturated heterocycles. The molecule has 2 unspecified atom stereocenters. The highest BCUT2D eigenvalue weighted by atomic mass is 19.3. The molecule has 248 valence electrons. The first kappa shape index (κ1) is 32.1. The molecule has 3 heterocycles. The van der Waals surface area contributed by atoms with Crippen molar-refractivity contribution >= 4 is 23.9 Å². The molecule has 1 spiro atoms. The van der Waals surface area contributed by atoms with E-state index < -0.39 is 72.5 Å². The van der Waals surface area contributed by atoms with Crippen molar-refractivity contribution in [1.29, 1.82) is 0 Å². The molecule has 11 nitrogen and oxygen atoms in total. The fraction of sp³-hybridized carbons (Fsp3) is 0.424. The number of alkyl halides is 2. The quantitative estimate of drug-likeness (QED) is 0.399. The van der Waals surface area contributed by atoms with Crippen LogP contribution >= 0.6 is 0 Å². The average Bonchev–Trinajstić information content (AvgIpc) is 3.73. The first-order valence-electron chi connectivity index (χ1n) is 15.2. The van der Waals surface area contributed by atoms with Gasteiger partial charge in [0.15, 0.2) is 0 Å². The lowest BCUT2D eigenvalue weighted by Gasteiger charge is -2.33. The predicted octanol–water partition coefficient (Wildman–Crippen LogP) is 4.20. The second kappa shape index (κ2) is 11.4. The van der Waals surface area contributed by atoms with Crippen molar-refractivity contribution in [3.8, 4) is 11.1 Å². The third-order valence-corrected chi connectivity index (χ3v) is 8.74. The van der Waals surface area contributed by atoms with Crippen molar-refractivity contribution in [3.63, 3.8) is 0 Å². The molecule has 2 aliphatic heterocycles. The Morgan fingerprint density at radius 3 is 2.49 bits per heavy atom. The molecule has 3 aliphatic rings. The molecule has 0 bridgehead atoms. The molecule has 47 heavy (non-hydrogen) atoms. The lowest BCUT2D eigenvalue weighted by Crippen LogP contribution is -2.53. The minimum absolute atomic E-state index is 0.263. The number of ether oxygens (including phenoxy) is 1. The van der Waals surface area contributed by atoms with Gasteiger partial charge < -0.3 is 15.0 Å². The van der Waals surface area contributed by atoms with E-state index in [1.165, 1.54) is 12.1 Å². The van der Waals surface area contributed by atoms with Crippen LogP contribution in [-0.4, -0.2) is 85.6 Å². The van der Waals surface area contributed by atoms with Crippen LogP contribution in [0, 0.1) is 5.82 Å². The van der Waals surface area contributed by atoms with Crippen LogP contribution in [0.3, 0.4) is 0 Å². The summed E-state index contributed by atoms with van der Waals surface area (Å²) in [5.74, 6) is -5.70. The number of aromatic nitrogens is 2. The van der Waals surface area contributed by atoms with Gasteiger partial charge in [0.1, 0.15) is 29.5 Å². The molecule has 1 N–H and O–H groups in total. The number of hydrogen-bond donors (Lipinski definition) is 1. The minimum atomic E-state index is -3.55. The standard InChI is InChI=1S/C33H35F3N6O5/c1-31(2,3)47-30(46)40-17-26(33(35,36)19-40)41(15-20-5-8-24(34)9-6-20)27(43)18-42-28(44)32(38-29(42)45)12-11-22-13-21(7-10-25(22)32)23-14-37-39(4)16-23/h5-10,13-14,16,26H,11-12,15,17-19H2,1-4H3,(H,38,45). The fourth-order valence-electron chi connectivity index (χ4n) is 6.49. The van der Waals surface area contributed by atoms with Crippen molar-refractivity contribution in [2.45, 2.75) is 63.3 Å². The van der Waals surface area contributed by atoms with Gasteiger partial charge in [0.25, 0.3) is 11.8 Å². The Kier molecular flexibility index (Phi) is 7.80. The highest BCUT2D eigenvalue weighted by Crippen LogP contribution is 2.43. The number of amides is 5. The summed E-state index contributed by atoms with van der Waals surface area (Å²) in [5.41, 5.74) is 1.26. The minimum Gasteiger partial charge on any atom is -0.444 e. The zero-order valence-corrected chi connectivity index (χ0v) is 26.4. The molecule has 3 aromatic rings. The predicted molar refractivity (Wildman–Crippen MR) is 162 cm³/mol. The molecule has 1 aromatic heterocycles. The first-order chi connectivity index (χ1) is 22.1. The smallest absolute Gasteiger partial charge is 0.410 e. The number of aryl methyl sites for hydroxylation is 2. The second-order valence-corrected chi connectivity index (χ2v) is 13.3. The second-order valence-electron chi connectivity index (χ2n) is 13.3. The normalized spacial score (nSPS) is 21.7. The van der Waals surface area contributed by atoms with E-state index in [2.05, 4.69) is 10.4 Å². The van der Waals surface area contributed by atoms with Gasteiger partial charge >= 0.3 is 12.1 Å². The first-order valence-corrected chi connectivity index (χ1v) is 15.2. The van der Waals surface area contributed by atoms with Crippen molar-refractivity contribution in [2.75, 3.05) is 19.6 Å². The van der Waals surface area contributed by atoms with Gasteiger partial charge in [-0.25, -0.2) is 22.8 Å². The zero-order valence-electron chi connectivity index (χ0n) is 26.4. The maximum absolute atomic E-state index is 15.6. The molecular formula is C33H35F3N6O5. The lowest BCUT2D eigenvalue weighted by molar-refractivity contribution is -0.146. The van der Waals surface area contributed by atoms with Gasteiger partial charge in [-0.15, -0.1) is 0 Å². The summed E-state index contributed by atoms with van der Waals surface area (Å²) in [5, 5.41) is 6.97. The summed E-state index contributed by atoms with van der Waals surface area (Å²) in [4.78, 5) is 56.3. The van der Waals surface area contributed by atoms with Crippen LogP contribution in [0.4, 0.5) is 22.8 Å². The molecule has 2 atom stereocenters. The number of rotatable bonds is 6. The zero-order chi connectivity index (χ0) is 33.9. The van der Waals surface area contributed by atoms with E-state index in [0.29, 0.717) is 17.5 Å². The summed E-state index contributed by atoms with van der Waals surface area (Å²) < 4.78 is 51.8. The number of likely N-dealkylation sites (tertiary alicyclic amines) is 1.